The third-order valence-electron chi connectivity index (χ3n) is 2.93. The summed E-state index contributed by atoms with van der Waals surface area (Å²) in [6.07, 6.45) is 4.20. The van der Waals surface area contributed by atoms with Gasteiger partial charge < -0.3 is 14.6 Å². The van der Waals surface area contributed by atoms with Crippen LogP contribution >= 0.6 is 0 Å². The number of carboxylic acid groups (broad SMARTS) is 1. The van der Waals surface area contributed by atoms with Crippen LogP contribution in [0.25, 0.3) is 6.08 Å². The monoisotopic (exact) mass is 330 g/mol. The van der Waals surface area contributed by atoms with Crippen LogP contribution in [0.1, 0.15) is 18.9 Å². The van der Waals surface area contributed by atoms with Crippen molar-refractivity contribution in [2.24, 2.45) is 0 Å². The number of epoxide rings is 1. The van der Waals surface area contributed by atoms with E-state index >= 15 is 0 Å². The second-order valence-corrected chi connectivity index (χ2v) is 5.26. The standard InChI is InChI=1S/C12H12O2.C7H10O3/c1-10(12(13)14)6-5-9-11-7-3-2-4-8-11;1-5(2)7(8)10-4-6-3-9-6/h2-5,7-9H,1,6H2,(H,13,14);6H,1,3-4H2,2H3. The number of carbonyl (C=O) groups excluding carboxylic acids is 1. The summed E-state index contributed by atoms with van der Waals surface area (Å²) in [4.78, 5) is 21.1. The Hall–Kier alpha value is -2.66. The predicted molar refractivity (Wildman–Crippen MR) is 92.4 cm³/mol. The molecule has 0 amide bonds. The van der Waals surface area contributed by atoms with Crippen LogP contribution in [0.4, 0.5) is 0 Å². The number of esters is 1. The van der Waals surface area contributed by atoms with E-state index in [0.717, 1.165) is 5.56 Å². The predicted octanol–water partition coefficient (Wildman–Crippen LogP) is 3.24. The average Bonchev–Trinajstić information content (AvgIpc) is 3.38. The molecule has 1 aromatic carbocycles. The highest BCUT2D eigenvalue weighted by molar-refractivity contribution is 5.87. The van der Waals surface area contributed by atoms with Gasteiger partial charge in [0.15, 0.2) is 0 Å². The van der Waals surface area contributed by atoms with Crippen molar-refractivity contribution >= 4 is 18.0 Å². The van der Waals surface area contributed by atoms with Gasteiger partial charge in [-0.2, -0.15) is 0 Å². The molecule has 128 valence electrons. The largest absolute Gasteiger partial charge is 0.478 e. The van der Waals surface area contributed by atoms with Crippen LogP contribution in [0, 0.1) is 0 Å². The minimum atomic E-state index is -0.942. The van der Waals surface area contributed by atoms with E-state index < -0.39 is 5.97 Å². The first-order chi connectivity index (χ1) is 11.4. The number of hydrogen-bond acceptors (Lipinski definition) is 4. The normalized spacial score (nSPS) is 15.1. The summed E-state index contributed by atoms with van der Waals surface area (Å²) in [6.45, 7) is 9.57. The lowest BCUT2D eigenvalue weighted by Gasteiger charge is -1.99. The molecule has 24 heavy (non-hydrogen) atoms. The third kappa shape index (κ3) is 8.70. The molecule has 1 fully saturated rings. The van der Waals surface area contributed by atoms with Gasteiger partial charge in [0.05, 0.1) is 6.61 Å². The topological polar surface area (TPSA) is 76.1 Å². The molecule has 1 N–H and O–H groups in total. The van der Waals surface area contributed by atoms with Crippen molar-refractivity contribution in [1.82, 2.24) is 0 Å². The Bertz CT molecular complexity index is 612. The number of benzene rings is 1. The number of rotatable bonds is 7. The molecule has 1 aliphatic heterocycles. The van der Waals surface area contributed by atoms with Crippen LogP contribution in [-0.4, -0.2) is 36.4 Å². The number of ether oxygens (including phenoxy) is 2. The molecule has 1 saturated heterocycles. The summed E-state index contributed by atoms with van der Waals surface area (Å²) in [5.74, 6) is -1.28. The molecule has 1 atom stereocenters. The number of carboxylic acids is 1. The van der Waals surface area contributed by atoms with Crippen molar-refractivity contribution < 1.29 is 24.2 Å². The summed E-state index contributed by atoms with van der Waals surface area (Å²) in [5.41, 5.74) is 1.70. The number of carbonyl (C=O) groups is 2. The Kier molecular flexibility index (Phi) is 8.22. The lowest BCUT2D eigenvalue weighted by atomic mass is 10.1. The van der Waals surface area contributed by atoms with Crippen LogP contribution in [0.15, 0.2) is 60.7 Å². The van der Waals surface area contributed by atoms with E-state index in [2.05, 4.69) is 13.2 Å². The van der Waals surface area contributed by atoms with Gasteiger partial charge in [-0.1, -0.05) is 55.6 Å². The maximum atomic E-state index is 10.7. The highest BCUT2D eigenvalue weighted by Gasteiger charge is 2.24. The van der Waals surface area contributed by atoms with Crippen LogP contribution in [0.3, 0.4) is 0 Å². The maximum Gasteiger partial charge on any atom is 0.333 e. The SMILES string of the molecule is C=C(C)C(=O)OCC1CO1.C=C(CC=Cc1ccccc1)C(=O)O. The van der Waals surface area contributed by atoms with E-state index in [0.29, 0.717) is 25.2 Å². The summed E-state index contributed by atoms with van der Waals surface area (Å²) in [5, 5.41) is 8.55. The van der Waals surface area contributed by atoms with E-state index in [9.17, 15) is 9.59 Å². The van der Waals surface area contributed by atoms with Gasteiger partial charge >= 0.3 is 11.9 Å². The van der Waals surface area contributed by atoms with Crippen molar-refractivity contribution in [3.05, 3.63) is 66.3 Å². The Morgan fingerprint density at radius 1 is 1.33 bits per heavy atom. The first-order valence-electron chi connectivity index (χ1n) is 7.47. The smallest absolute Gasteiger partial charge is 0.333 e. The van der Waals surface area contributed by atoms with Gasteiger partial charge in [-0.25, -0.2) is 9.59 Å². The van der Waals surface area contributed by atoms with Gasteiger partial charge in [-0.15, -0.1) is 0 Å². The molecule has 0 bridgehead atoms. The summed E-state index contributed by atoms with van der Waals surface area (Å²) < 4.78 is 9.60. The van der Waals surface area contributed by atoms with Crippen LogP contribution < -0.4 is 0 Å². The maximum absolute atomic E-state index is 10.7. The average molecular weight is 330 g/mol. The molecule has 5 heteroatoms. The molecule has 0 aromatic heterocycles. The molecule has 1 aromatic rings. The van der Waals surface area contributed by atoms with E-state index in [4.69, 9.17) is 14.6 Å². The molecule has 2 rings (SSSR count). The molecule has 0 saturated carbocycles. The van der Waals surface area contributed by atoms with E-state index in [1.165, 1.54) is 0 Å². The molecule has 0 spiro atoms. The van der Waals surface area contributed by atoms with Crippen molar-refractivity contribution in [2.45, 2.75) is 19.4 Å². The zero-order valence-corrected chi connectivity index (χ0v) is 13.7. The van der Waals surface area contributed by atoms with E-state index in [1.54, 1.807) is 13.0 Å². The minimum absolute atomic E-state index is 0.142. The summed E-state index contributed by atoms with van der Waals surface area (Å²) >= 11 is 0. The van der Waals surface area contributed by atoms with Gasteiger partial charge in [0, 0.05) is 11.1 Å². The highest BCUT2D eigenvalue weighted by Crippen LogP contribution is 2.09. The minimum Gasteiger partial charge on any atom is -0.478 e. The zero-order chi connectivity index (χ0) is 17.9. The van der Waals surface area contributed by atoms with Gasteiger partial charge in [-0.05, 0) is 18.9 Å². The highest BCUT2D eigenvalue weighted by atomic mass is 16.6. The Labute approximate surface area is 141 Å². The van der Waals surface area contributed by atoms with Crippen LogP contribution in [0.2, 0.25) is 0 Å². The summed E-state index contributed by atoms with van der Waals surface area (Å²) in [6, 6.07) is 9.73. The van der Waals surface area contributed by atoms with Crippen LogP contribution in [0.5, 0.6) is 0 Å². The van der Waals surface area contributed by atoms with Crippen molar-refractivity contribution in [3.63, 3.8) is 0 Å². The number of aliphatic carboxylic acids is 1. The summed E-state index contributed by atoms with van der Waals surface area (Å²) in [7, 11) is 0. The molecule has 1 heterocycles. The lowest BCUT2D eigenvalue weighted by molar-refractivity contribution is -0.139. The van der Waals surface area contributed by atoms with Gasteiger partial charge in [-0.3, -0.25) is 0 Å². The second kappa shape index (κ2) is 10.2. The lowest BCUT2D eigenvalue weighted by Crippen LogP contribution is -2.09. The molecule has 1 aliphatic rings. The number of allylic oxidation sites excluding steroid dienone is 1. The Balaban J connectivity index is 0.000000254. The fourth-order valence-electron chi connectivity index (χ4n) is 1.44. The zero-order valence-electron chi connectivity index (χ0n) is 13.7. The Morgan fingerprint density at radius 3 is 2.46 bits per heavy atom. The first-order valence-corrected chi connectivity index (χ1v) is 7.47. The number of hydrogen-bond donors (Lipinski definition) is 1. The van der Waals surface area contributed by atoms with Crippen molar-refractivity contribution in [1.29, 1.82) is 0 Å². The quantitative estimate of drug-likeness (QED) is 0.472. The molecule has 1 unspecified atom stereocenters. The van der Waals surface area contributed by atoms with Crippen LogP contribution in [-0.2, 0) is 19.1 Å². The van der Waals surface area contributed by atoms with Gasteiger partial charge in [0.2, 0.25) is 0 Å². The molecule has 0 aliphatic carbocycles. The van der Waals surface area contributed by atoms with E-state index in [1.807, 2.05) is 36.4 Å². The molecular formula is C19H22O5. The van der Waals surface area contributed by atoms with E-state index in [-0.39, 0.29) is 17.6 Å². The molecule has 0 radical (unpaired) electrons. The van der Waals surface area contributed by atoms with Crippen molar-refractivity contribution in [3.8, 4) is 0 Å². The van der Waals surface area contributed by atoms with Gasteiger partial charge in [0.1, 0.15) is 12.7 Å². The first kappa shape index (κ1) is 19.4. The molecular weight excluding hydrogens is 308 g/mol. The third-order valence-corrected chi connectivity index (χ3v) is 2.93. The Morgan fingerprint density at radius 2 is 1.96 bits per heavy atom. The van der Waals surface area contributed by atoms with Crippen molar-refractivity contribution in [2.75, 3.05) is 13.2 Å². The van der Waals surface area contributed by atoms with Gasteiger partial charge in [0.25, 0.3) is 0 Å². The second-order valence-electron chi connectivity index (χ2n) is 5.26. The molecule has 5 nitrogen and oxygen atoms in total. The fourth-order valence-corrected chi connectivity index (χ4v) is 1.44. The fraction of sp³-hybridized carbons (Fsp3) is 0.263.